The fourth-order valence-electron chi connectivity index (χ4n) is 0.794. The Morgan fingerprint density at radius 2 is 1.83 bits per heavy atom. The summed E-state index contributed by atoms with van der Waals surface area (Å²) < 4.78 is 44.1. The van der Waals surface area contributed by atoms with E-state index in [-0.39, 0.29) is 5.56 Å². The first-order valence-corrected chi connectivity index (χ1v) is 4.39. The predicted molar refractivity (Wildman–Crippen MR) is 40.8 cm³/mol. The van der Waals surface area contributed by atoms with Gasteiger partial charge in [0.25, 0.3) is 0 Å². The molecule has 0 radical (unpaired) electrons. The van der Waals surface area contributed by atoms with Crippen molar-refractivity contribution in [2.24, 2.45) is 0 Å². The second kappa shape index (κ2) is 3.73. The summed E-state index contributed by atoms with van der Waals surface area (Å²) in [5.74, 6) is -2.10. The predicted octanol–water partition coefficient (Wildman–Crippen LogP) is 1.69. The number of benzene rings is 1. The van der Waals surface area contributed by atoms with Crippen molar-refractivity contribution in [3.8, 4) is 0 Å². The van der Waals surface area contributed by atoms with Gasteiger partial charge in [0, 0.05) is 5.56 Å². The highest BCUT2D eigenvalue weighted by molar-refractivity contribution is 7.78. The van der Waals surface area contributed by atoms with E-state index in [2.05, 4.69) is 0 Å². The maximum absolute atomic E-state index is 12.7. The second-order valence-corrected chi connectivity index (χ2v) is 3.10. The molecule has 0 saturated heterocycles. The monoisotopic (exact) mass is 192 g/mol. The first kappa shape index (κ1) is 9.28. The minimum absolute atomic E-state index is 0.349. The van der Waals surface area contributed by atoms with Crippen LogP contribution in [0.1, 0.15) is 5.56 Å². The highest BCUT2D eigenvalue weighted by Gasteiger charge is 2.09. The summed E-state index contributed by atoms with van der Waals surface area (Å²) in [7, 11) is 0. The molecule has 0 aliphatic heterocycles. The van der Waals surface area contributed by atoms with E-state index in [1.165, 1.54) is 6.07 Å². The van der Waals surface area contributed by atoms with Gasteiger partial charge < -0.3 is 4.55 Å². The lowest BCUT2D eigenvalue weighted by molar-refractivity contribution is 0.543. The Labute approximate surface area is 70.5 Å². The van der Waals surface area contributed by atoms with Crippen molar-refractivity contribution < 1.29 is 17.5 Å². The molecule has 1 unspecified atom stereocenters. The van der Waals surface area contributed by atoms with Crippen LogP contribution in [0.2, 0.25) is 0 Å². The van der Waals surface area contributed by atoms with Gasteiger partial charge in [-0.3, -0.25) is 0 Å². The Morgan fingerprint density at radius 3 is 2.25 bits per heavy atom. The molecule has 0 amide bonds. The summed E-state index contributed by atoms with van der Waals surface area (Å²) in [5, 5.41) is 0. The molecule has 2 nitrogen and oxygen atoms in total. The van der Waals surface area contributed by atoms with E-state index in [4.69, 9.17) is 4.55 Å². The maximum atomic E-state index is 12.7. The van der Waals surface area contributed by atoms with Crippen LogP contribution in [0, 0.1) is 11.6 Å². The molecule has 12 heavy (non-hydrogen) atoms. The molecule has 0 aliphatic rings. The highest BCUT2D eigenvalue weighted by Crippen LogP contribution is 2.13. The molecular weight excluding hydrogens is 186 g/mol. The van der Waals surface area contributed by atoms with Gasteiger partial charge in [0.1, 0.15) is 11.6 Å². The zero-order valence-electron chi connectivity index (χ0n) is 5.96. The quantitative estimate of drug-likeness (QED) is 0.724. The van der Waals surface area contributed by atoms with E-state index in [1.807, 2.05) is 0 Å². The summed E-state index contributed by atoms with van der Waals surface area (Å²) >= 11 is -2.22. The third-order valence-corrected chi connectivity index (χ3v) is 1.87. The molecule has 1 N–H and O–H groups in total. The van der Waals surface area contributed by atoms with Crippen LogP contribution in [0.3, 0.4) is 0 Å². The minimum atomic E-state index is -2.22. The Kier molecular flexibility index (Phi) is 2.88. The molecule has 1 atom stereocenters. The molecule has 5 heteroatoms. The molecule has 66 valence electrons. The summed E-state index contributed by atoms with van der Waals surface area (Å²) in [6.45, 7) is 0. The van der Waals surface area contributed by atoms with Gasteiger partial charge in [-0.15, -0.1) is 0 Å². The van der Waals surface area contributed by atoms with E-state index < -0.39 is 28.5 Å². The van der Waals surface area contributed by atoms with Crippen molar-refractivity contribution in [3.63, 3.8) is 0 Å². The Balaban J connectivity index is 3.04. The molecule has 0 spiro atoms. The fourth-order valence-corrected chi connectivity index (χ4v) is 1.32. The van der Waals surface area contributed by atoms with Gasteiger partial charge in [-0.05, 0) is 12.1 Å². The van der Waals surface area contributed by atoms with Crippen LogP contribution in [-0.2, 0) is 16.8 Å². The van der Waals surface area contributed by atoms with E-state index in [9.17, 15) is 13.0 Å². The van der Waals surface area contributed by atoms with Gasteiger partial charge >= 0.3 is 0 Å². The lowest BCUT2D eigenvalue weighted by Crippen LogP contribution is -1.99. The van der Waals surface area contributed by atoms with Gasteiger partial charge in [0.2, 0.25) is 0 Å². The van der Waals surface area contributed by atoms with Crippen LogP contribution in [0.4, 0.5) is 8.78 Å². The Bertz CT molecular complexity index is 294. The first-order chi connectivity index (χ1) is 5.61. The third kappa shape index (κ3) is 2.09. The van der Waals surface area contributed by atoms with E-state index in [0.29, 0.717) is 0 Å². The SMILES string of the molecule is O=S(O)Cc1c(F)cccc1F. The summed E-state index contributed by atoms with van der Waals surface area (Å²) in [6, 6.07) is 3.30. The Morgan fingerprint density at radius 1 is 1.33 bits per heavy atom. The first-order valence-electron chi connectivity index (χ1n) is 3.11. The standard InChI is InChI=1S/C7H6F2O2S/c8-6-2-1-3-7(9)5(6)4-12(10)11/h1-3H,4H2,(H,10,11). The third-order valence-electron chi connectivity index (χ3n) is 1.33. The molecule has 0 bridgehead atoms. The molecular formula is C7H6F2O2S. The number of halogens is 2. The zero-order chi connectivity index (χ0) is 9.14. The van der Waals surface area contributed by atoms with E-state index in [0.717, 1.165) is 12.1 Å². The lowest BCUT2D eigenvalue weighted by Gasteiger charge is -2.00. The van der Waals surface area contributed by atoms with Crippen molar-refractivity contribution in [1.82, 2.24) is 0 Å². The Hall–Kier alpha value is -0.810. The summed E-state index contributed by atoms with van der Waals surface area (Å²) in [4.78, 5) is 0. The van der Waals surface area contributed by atoms with Crippen molar-refractivity contribution in [2.75, 3.05) is 0 Å². The lowest BCUT2D eigenvalue weighted by atomic mass is 10.2. The number of hydrogen-bond donors (Lipinski definition) is 1. The van der Waals surface area contributed by atoms with Gasteiger partial charge in [0.15, 0.2) is 11.1 Å². The normalized spacial score (nSPS) is 12.9. The number of hydrogen-bond acceptors (Lipinski definition) is 1. The average molecular weight is 192 g/mol. The second-order valence-electron chi connectivity index (χ2n) is 2.17. The maximum Gasteiger partial charge on any atom is 0.157 e. The van der Waals surface area contributed by atoms with Crippen molar-refractivity contribution >= 4 is 11.1 Å². The summed E-state index contributed by atoms with van der Waals surface area (Å²) in [6.07, 6.45) is 0. The number of rotatable bonds is 2. The minimum Gasteiger partial charge on any atom is -0.306 e. The van der Waals surface area contributed by atoms with Gasteiger partial charge in [-0.2, -0.15) is 0 Å². The van der Waals surface area contributed by atoms with E-state index >= 15 is 0 Å². The van der Waals surface area contributed by atoms with Crippen LogP contribution in [0.5, 0.6) is 0 Å². The van der Waals surface area contributed by atoms with E-state index in [1.54, 1.807) is 0 Å². The van der Waals surface area contributed by atoms with Gasteiger partial charge in [-0.25, -0.2) is 13.0 Å². The molecule has 0 aliphatic carbocycles. The molecule has 0 saturated carbocycles. The van der Waals surface area contributed by atoms with Crippen LogP contribution in [0.15, 0.2) is 18.2 Å². The van der Waals surface area contributed by atoms with Gasteiger partial charge in [-0.1, -0.05) is 6.07 Å². The largest absolute Gasteiger partial charge is 0.306 e. The molecule has 1 aromatic rings. The fraction of sp³-hybridized carbons (Fsp3) is 0.143. The van der Waals surface area contributed by atoms with Crippen LogP contribution in [-0.4, -0.2) is 8.76 Å². The highest BCUT2D eigenvalue weighted by atomic mass is 32.2. The molecule has 0 aromatic heterocycles. The van der Waals surface area contributed by atoms with Crippen molar-refractivity contribution in [2.45, 2.75) is 5.75 Å². The van der Waals surface area contributed by atoms with Crippen molar-refractivity contribution in [3.05, 3.63) is 35.4 Å². The van der Waals surface area contributed by atoms with Gasteiger partial charge in [0.05, 0.1) is 5.75 Å². The topological polar surface area (TPSA) is 37.3 Å². The summed E-state index contributed by atoms with van der Waals surface area (Å²) in [5.41, 5.74) is -0.349. The molecule has 1 rings (SSSR count). The van der Waals surface area contributed by atoms with Crippen molar-refractivity contribution in [1.29, 1.82) is 0 Å². The molecule has 0 heterocycles. The molecule has 0 fully saturated rings. The average Bonchev–Trinajstić information content (AvgIpc) is 1.97. The van der Waals surface area contributed by atoms with Crippen LogP contribution >= 0.6 is 0 Å². The zero-order valence-corrected chi connectivity index (χ0v) is 6.78. The van der Waals surface area contributed by atoms with Crippen LogP contribution in [0.25, 0.3) is 0 Å². The van der Waals surface area contributed by atoms with Crippen LogP contribution < -0.4 is 0 Å². The molecule has 1 aromatic carbocycles. The smallest absolute Gasteiger partial charge is 0.157 e.